The molecule has 6 nitrogen and oxygen atoms in total. The molecule has 22 heavy (non-hydrogen) atoms. The highest BCUT2D eigenvalue weighted by molar-refractivity contribution is 6.04. The first kappa shape index (κ1) is 16.3. The van der Waals surface area contributed by atoms with Crippen molar-refractivity contribution >= 4 is 17.7 Å². The predicted octanol–water partition coefficient (Wildman–Crippen LogP) is 1.86. The molecule has 1 aliphatic carbocycles. The van der Waals surface area contributed by atoms with Gasteiger partial charge in [-0.2, -0.15) is 0 Å². The van der Waals surface area contributed by atoms with Crippen LogP contribution < -0.4 is 0 Å². The molecule has 1 heterocycles. The fraction of sp³-hybridized carbons (Fsp3) is 0.562. The van der Waals surface area contributed by atoms with Crippen molar-refractivity contribution in [3.05, 3.63) is 22.5 Å². The Kier molecular flexibility index (Phi) is 4.68. The van der Waals surface area contributed by atoms with Crippen molar-refractivity contribution in [2.24, 2.45) is 5.92 Å². The first-order valence-electron chi connectivity index (χ1n) is 7.51. The smallest absolute Gasteiger partial charge is 0.355 e. The molecule has 1 fully saturated rings. The van der Waals surface area contributed by atoms with Gasteiger partial charge in [0.15, 0.2) is 5.78 Å². The van der Waals surface area contributed by atoms with Crippen LogP contribution in [0.5, 0.6) is 0 Å². The van der Waals surface area contributed by atoms with E-state index in [0.29, 0.717) is 22.5 Å². The van der Waals surface area contributed by atoms with E-state index < -0.39 is 5.97 Å². The molecule has 1 aromatic rings. The van der Waals surface area contributed by atoms with Crippen LogP contribution >= 0.6 is 0 Å². The minimum atomic E-state index is -0.468. The Morgan fingerprint density at radius 1 is 1.27 bits per heavy atom. The molecule has 120 valence electrons. The van der Waals surface area contributed by atoms with Gasteiger partial charge in [0.25, 0.3) is 0 Å². The van der Waals surface area contributed by atoms with Crippen LogP contribution in [-0.2, 0) is 9.53 Å². The summed E-state index contributed by atoms with van der Waals surface area (Å²) in [6, 6.07) is 0. The molecule has 0 bridgehead atoms. The lowest BCUT2D eigenvalue weighted by Gasteiger charge is -2.16. The van der Waals surface area contributed by atoms with Crippen molar-refractivity contribution in [3.8, 4) is 0 Å². The van der Waals surface area contributed by atoms with Gasteiger partial charge >= 0.3 is 5.97 Å². The number of hydrogen-bond acceptors (Lipinski definition) is 4. The maximum atomic E-state index is 12.5. The summed E-state index contributed by atoms with van der Waals surface area (Å²) < 4.78 is 4.97. The molecule has 6 heteroatoms. The Bertz CT molecular complexity index is 614. The second kappa shape index (κ2) is 6.34. The Hall–Kier alpha value is -2.11. The summed E-state index contributed by atoms with van der Waals surface area (Å²) in [6.07, 6.45) is 1.82. The van der Waals surface area contributed by atoms with Crippen LogP contribution in [0.1, 0.15) is 51.9 Å². The van der Waals surface area contributed by atoms with E-state index in [-0.39, 0.29) is 30.8 Å². The van der Waals surface area contributed by atoms with E-state index in [2.05, 4.69) is 4.98 Å². The van der Waals surface area contributed by atoms with E-state index in [0.717, 1.165) is 12.8 Å². The number of nitrogens with zero attached hydrogens (tertiary/aromatic N) is 1. The lowest BCUT2D eigenvalue weighted by Crippen LogP contribution is -2.33. The molecule has 0 aromatic carbocycles. The first-order valence-corrected chi connectivity index (χ1v) is 7.51. The number of aromatic amines is 1. The Morgan fingerprint density at radius 2 is 1.91 bits per heavy atom. The maximum Gasteiger partial charge on any atom is 0.355 e. The van der Waals surface area contributed by atoms with E-state index in [1.807, 2.05) is 0 Å². The van der Waals surface area contributed by atoms with Gasteiger partial charge in [-0.25, -0.2) is 4.79 Å². The summed E-state index contributed by atoms with van der Waals surface area (Å²) in [4.78, 5) is 40.6. The lowest BCUT2D eigenvalue weighted by molar-refractivity contribution is -0.130. The normalized spacial score (nSPS) is 13.8. The Balaban J connectivity index is 2.15. The van der Waals surface area contributed by atoms with E-state index in [9.17, 15) is 14.4 Å². The molecule has 0 atom stereocenters. The third kappa shape index (κ3) is 3.21. The van der Waals surface area contributed by atoms with Crippen LogP contribution in [0, 0.1) is 19.8 Å². The molecule has 1 N–H and O–H groups in total. The van der Waals surface area contributed by atoms with E-state index in [1.54, 1.807) is 27.8 Å². The fourth-order valence-electron chi connectivity index (χ4n) is 2.59. The number of Topliss-reactive ketones (excluding diaryl/α,β-unsaturated/α-hetero) is 1. The van der Waals surface area contributed by atoms with Crippen LogP contribution in [0.3, 0.4) is 0 Å². The number of carbonyl (C=O) groups is 3. The molecule has 0 aliphatic heterocycles. The van der Waals surface area contributed by atoms with Crippen molar-refractivity contribution in [1.82, 2.24) is 9.88 Å². The highest BCUT2D eigenvalue weighted by Crippen LogP contribution is 2.30. The molecule has 1 amide bonds. The molecule has 0 saturated heterocycles. The molecular formula is C16H22N2O4. The van der Waals surface area contributed by atoms with Gasteiger partial charge in [-0.05, 0) is 39.2 Å². The van der Waals surface area contributed by atoms with Gasteiger partial charge in [-0.15, -0.1) is 0 Å². The summed E-state index contributed by atoms with van der Waals surface area (Å²) in [7, 11) is 1.64. The number of aromatic nitrogens is 1. The van der Waals surface area contributed by atoms with Gasteiger partial charge in [0.2, 0.25) is 5.91 Å². The van der Waals surface area contributed by atoms with Crippen molar-refractivity contribution in [1.29, 1.82) is 0 Å². The van der Waals surface area contributed by atoms with Gasteiger partial charge in [0.05, 0.1) is 13.2 Å². The third-order valence-electron chi connectivity index (χ3n) is 3.88. The summed E-state index contributed by atoms with van der Waals surface area (Å²) in [5, 5.41) is 0. The van der Waals surface area contributed by atoms with E-state index >= 15 is 0 Å². The fourth-order valence-corrected chi connectivity index (χ4v) is 2.59. The number of nitrogens with one attached hydrogen (secondary N) is 1. The minimum absolute atomic E-state index is 0.0183. The number of hydrogen-bond donors (Lipinski definition) is 1. The van der Waals surface area contributed by atoms with E-state index in [1.165, 1.54) is 4.90 Å². The summed E-state index contributed by atoms with van der Waals surface area (Å²) in [5.41, 5.74) is 1.98. The predicted molar refractivity (Wildman–Crippen MR) is 80.9 cm³/mol. The van der Waals surface area contributed by atoms with E-state index in [4.69, 9.17) is 4.74 Å². The SMILES string of the molecule is CCOC(=O)c1[nH]c(C)c(C(=O)CN(C)C(=O)C2CC2)c1C. The highest BCUT2D eigenvalue weighted by Gasteiger charge is 2.33. The Labute approximate surface area is 129 Å². The zero-order valence-corrected chi connectivity index (χ0v) is 13.5. The number of likely N-dealkylation sites (N-methyl/N-ethyl adjacent to an activating group) is 1. The molecule has 0 unspecified atom stereocenters. The molecule has 1 aromatic heterocycles. The van der Waals surface area contributed by atoms with Crippen LogP contribution in [0.2, 0.25) is 0 Å². The lowest BCUT2D eigenvalue weighted by atomic mass is 10.1. The van der Waals surface area contributed by atoms with Crippen LogP contribution in [0.15, 0.2) is 0 Å². The number of ketones is 1. The average molecular weight is 306 g/mol. The molecule has 1 saturated carbocycles. The Morgan fingerprint density at radius 3 is 2.45 bits per heavy atom. The zero-order valence-electron chi connectivity index (χ0n) is 13.5. The average Bonchev–Trinajstić information content (AvgIpc) is 3.24. The minimum Gasteiger partial charge on any atom is -0.461 e. The standard InChI is InChI=1S/C16H22N2O4/c1-5-22-16(21)14-9(2)13(10(3)17-14)12(19)8-18(4)15(20)11-6-7-11/h11,17H,5-8H2,1-4H3. The third-order valence-corrected chi connectivity index (χ3v) is 3.88. The van der Waals surface area contributed by atoms with Gasteiger partial charge in [-0.1, -0.05) is 0 Å². The quantitative estimate of drug-likeness (QED) is 0.642. The van der Waals surface area contributed by atoms with Crippen LogP contribution in [0.25, 0.3) is 0 Å². The number of amides is 1. The van der Waals surface area contributed by atoms with Gasteiger partial charge in [0, 0.05) is 24.2 Å². The number of aryl methyl sites for hydroxylation is 1. The van der Waals surface area contributed by atoms with Gasteiger partial charge in [-0.3, -0.25) is 9.59 Å². The van der Waals surface area contributed by atoms with Gasteiger partial charge < -0.3 is 14.6 Å². The maximum absolute atomic E-state index is 12.5. The number of rotatable bonds is 6. The number of esters is 1. The molecule has 2 rings (SSSR count). The van der Waals surface area contributed by atoms with Crippen molar-refractivity contribution < 1.29 is 19.1 Å². The topological polar surface area (TPSA) is 79.5 Å². The summed E-state index contributed by atoms with van der Waals surface area (Å²) in [5.74, 6) is -0.533. The second-order valence-electron chi connectivity index (χ2n) is 5.74. The van der Waals surface area contributed by atoms with Crippen molar-refractivity contribution in [3.63, 3.8) is 0 Å². The van der Waals surface area contributed by atoms with Crippen molar-refractivity contribution in [2.75, 3.05) is 20.2 Å². The molecule has 0 spiro atoms. The number of carbonyl (C=O) groups excluding carboxylic acids is 3. The monoisotopic (exact) mass is 306 g/mol. The van der Waals surface area contributed by atoms with Crippen molar-refractivity contribution in [2.45, 2.75) is 33.6 Å². The molecule has 0 radical (unpaired) electrons. The molecular weight excluding hydrogens is 284 g/mol. The van der Waals surface area contributed by atoms with Crippen LogP contribution in [-0.4, -0.2) is 47.7 Å². The zero-order chi connectivity index (χ0) is 16.4. The number of ether oxygens (including phenoxy) is 1. The largest absolute Gasteiger partial charge is 0.461 e. The van der Waals surface area contributed by atoms with Gasteiger partial charge in [0.1, 0.15) is 5.69 Å². The van der Waals surface area contributed by atoms with Crippen LogP contribution in [0.4, 0.5) is 0 Å². The molecule has 1 aliphatic rings. The summed E-state index contributed by atoms with van der Waals surface area (Å²) >= 11 is 0. The number of H-pyrrole nitrogens is 1. The summed E-state index contributed by atoms with van der Waals surface area (Å²) in [6.45, 7) is 5.49. The first-order chi connectivity index (χ1) is 10.4. The highest BCUT2D eigenvalue weighted by atomic mass is 16.5. The second-order valence-corrected chi connectivity index (χ2v) is 5.74.